The van der Waals surface area contributed by atoms with Crippen LogP contribution in [0.15, 0.2) is 18.7 Å². The van der Waals surface area contributed by atoms with E-state index in [9.17, 15) is 0 Å². The first-order valence-corrected chi connectivity index (χ1v) is 5.69. The topological polar surface area (TPSA) is 29.9 Å². The van der Waals surface area contributed by atoms with Crippen LogP contribution in [0.5, 0.6) is 0 Å². The number of hydrogen-bond acceptors (Lipinski definition) is 2. The van der Waals surface area contributed by atoms with E-state index >= 15 is 0 Å². The monoisotopic (exact) mass is 215 g/mol. The normalized spacial score (nSPS) is 10.6. The maximum atomic E-state index is 5.57. The number of aromatic nitrogens is 2. The van der Waals surface area contributed by atoms with Crippen LogP contribution < -0.4 is 5.32 Å². The van der Waals surface area contributed by atoms with E-state index in [-0.39, 0.29) is 0 Å². The summed E-state index contributed by atoms with van der Waals surface area (Å²) in [5.74, 6) is 0.775. The molecule has 0 aliphatic carbocycles. The molecule has 14 heavy (non-hydrogen) atoms. The van der Waals surface area contributed by atoms with Gasteiger partial charge in [-0.25, -0.2) is 4.98 Å². The van der Waals surface area contributed by atoms with Gasteiger partial charge < -0.3 is 9.88 Å². The molecule has 0 unspecified atom stereocenters. The Labute approximate surface area is 90.5 Å². The molecule has 0 radical (unpaired) electrons. The molecule has 0 bridgehead atoms. The first-order valence-electron chi connectivity index (χ1n) is 5.16. The molecule has 0 aliphatic heterocycles. The minimum absolute atomic E-state index is 0.775. The molecule has 0 amide bonds. The fourth-order valence-electron chi connectivity index (χ4n) is 1.28. The van der Waals surface area contributed by atoms with Crippen molar-refractivity contribution in [2.75, 3.05) is 19.0 Å². The molecular formula is C10H18ClN3. The highest BCUT2D eigenvalue weighted by Gasteiger charge is 1.90. The summed E-state index contributed by atoms with van der Waals surface area (Å²) < 4.78 is 2.10. The lowest BCUT2D eigenvalue weighted by Crippen LogP contribution is -2.18. The highest BCUT2D eigenvalue weighted by Crippen LogP contribution is 1.91. The van der Waals surface area contributed by atoms with Crippen molar-refractivity contribution in [3.8, 4) is 0 Å². The third-order valence-corrected chi connectivity index (χ3v) is 2.33. The number of unbranched alkanes of at least 4 members (excludes halogenated alkanes) is 1. The molecule has 0 spiro atoms. The molecule has 0 fully saturated rings. The summed E-state index contributed by atoms with van der Waals surface area (Å²) in [4.78, 5) is 3.99. The van der Waals surface area contributed by atoms with Gasteiger partial charge >= 0.3 is 0 Å². The fraction of sp³-hybridized carbons (Fsp3) is 0.700. The molecule has 0 aliphatic rings. The van der Waals surface area contributed by atoms with Gasteiger partial charge in [0.25, 0.3) is 0 Å². The number of rotatable bonds is 8. The van der Waals surface area contributed by atoms with Gasteiger partial charge in [0.05, 0.1) is 6.33 Å². The van der Waals surface area contributed by atoms with Crippen molar-refractivity contribution >= 4 is 11.6 Å². The maximum absolute atomic E-state index is 5.57. The average molecular weight is 216 g/mol. The quantitative estimate of drug-likeness (QED) is 0.530. The molecule has 0 saturated heterocycles. The van der Waals surface area contributed by atoms with Crippen LogP contribution in [0.25, 0.3) is 0 Å². The first-order chi connectivity index (χ1) is 6.93. The molecule has 1 rings (SSSR count). The summed E-state index contributed by atoms with van der Waals surface area (Å²) in [6.07, 6.45) is 9.09. The molecule has 4 heteroatoms. The molecule has 1 N–H and O–H groups in total. The van der Waals surface area contributed by atoms with Crippen LogP contribution in [0.2, 0.25) is 0 Å². The van der Waals surface area contributed by atoms with E-state index in [1.54, 1.807) is 0 Å². The van der Waals surface area contributed by atoms with Crippen molar-refractivity contribution in [3.05, 3.63) is 18.7 Å². The van der Waals surface area contributed by atoms with Gasteiger partial charge in [0.2, 0.25) is 0 Å². The van der Waals surface area contributed by atoms with Crippen LogP contribution in [0.3, 0.4) is 0 Å². The van der Waals surface area contributed by atoms with Crippen LogP contribution in [-0.4, -0.2) is 28.5 Å². The van der Waals surface area contributed by atoms with Gasteiger partial charge in [-0.3, -0.25) is 0 Å². The highest BCUT2D eigenvalue weighted by atomic mass is 35.5. The fourth-order valence-corrected chi connectivity index (χ4v) is 1.46. The SMILES string of the molecule is ClCCCCNCCCn1ccnc1. The van der Waals surface area contributed by atoms with Crippen molar-refractivity contribution in [2.24, 2.45) is 0 Å². The summed E-state index contributed by atoms with van der Waals surface area (Å²) in [5.41, 5.74) is 0. The number of nitrogens with zero attached hydrogens (tertiary/aromatic N) is 2. The predicted octanol–water partition coefficient (Wildman–Crippen LogP) is 1.88. The number of alkyl halides is 1. The second kappa shape index (κ2) is 7.83. The van der Waals surface area contributed by atoms with Gasteiger partial charge in [-0.2, -0.15) is 0 Å². The van der Waals surface area contributed by atoms with Crippen molar-refractivity contribution in [1.82, 2.24) is 14.9 Å². The lowest BCUT2D eigenvalue weighted by molar-refractivity contribution is 0.569. The summed E-state index contributed by atoms with van der Waals surface area (Å²) in [6, 6.07) is 0. The van der Waals surface area contributed by atoms with Crippen LogP contribution in [0.4, 0.5) is 0 Å². The Kier molecular flexibility index (Phi) is 6.45. The van der Waals surface area contributed by atoms with Crippen molar-refractivity contribution < 1.29 is 0 Å². The average Bonchev–Trinajstić information content (AvgIpc) is 2.69. The minimum atomic E-state index is 0.775. The van der Waals surface area contributed by atoms with Gasteiger partial charge in [-0.1, -0.05) is 0 Å². The molecular weight excluding hydrogens is 198 g/mol. The molecule has 80 valence electrons. The zero-order valence-corrected chi connectivity index (χ0v) is 9.21. The van der Waals surface area contributed by atoms with Gasteiger partial charge in [-0.15, -0.1) is 11.6 Å². The van der Waals surface area contributed by atoms with Crippen molar-refractivity contribution in [2.45, 2.75) is 25.8 Å². The summed E-state index contributed by atoms with van der Waals surface area (Å²) in [5, 5.41) is 3.39. The van der Waals surface area contributed by atoms with Gasteiger partial charge in [0, 0.05) is 24.8 Å². The van der Waals surface area contributed by atoms with E-state index in [0.29, 0.717) is 0 Å². The summed E-state index contributed by atoms with van der Waals surface area (Å²) >= 11 is 5.57. The molecule has 0 aromatic carbocycles. The predicted molar refractivity (Wildman–Crippen MR) is 59.7 cm³/mol. The van der Waals surface area contributed by atoms with E-state index in [1.807, 2.05) is 18.7 Å². The Bertz CT molecular complexity index is 211. The smallest absolute Gasteiger partial charge is 0.0945 e. The largest absolute Gasteiger partial charge is 0.337 e. The third kappa shape index (κ3) is 5.25. The Morgan fingerprint density at radius 1 is 1.21 bits per heavy atom. The number of nitrogens with one attached hydrogen (secondary N) is 1. The van der Waals surface area contributed by atoms with Gasteiger partial charge in [0.1, 0.15) is 0 Å². The Morgan fingerprint density at radius 2 is 2.07 bits per heavy atom. The van der Waals surface area contributed by atoms with E-state index < -0.39 is 0 Å². The molecule has 1 heterocycles. The van der Waals surface area contributed by atoms with E-state index in [4.69, 9.17) is 11.6 Å². The molecule has 1 aromatic heterocycles. The molecule has 3 nitrogen and oxygen atoms in total. The summed E-state index contributed by atoms with van der Waals surface area (Å²) in [7, 11) is 0. The van der Waals surface area contributed by atoms with Crippen molar-refractivity contribution in [1.29, 1.82) is 0 Å². The highest BCUT2D eigenvalue weighted by molar-refractivity contribution is 6.17. The third-order valence-electron chi connectivity index (χ3n) is 2.07. The number of aryl methyl sites for hydroxylation is 1. The van der Waals surface area contributed by atoms with E-state index in [2.05, 4.69) is 14.9 Å². The Balaban J connectivity index is 1.85. The van der Waals surface area contributed by atoms with Gasteiger partial charge in [0.15, 0.2) is 0 Å². The molecule has 0 saturated carbocycles. The van der Waals surface area contributed by atoms with Crippen LogP contribution in [0, 0.1) is 0 Å². The molecule has 1 aromatic rings. The number of halogens is 1. The molecule has 0 atom stereocenters. The number of imidazole rings is 1. The Hall–Kier alpha value is -0.540. The number of hydrogen-bond donors (Lipinski definition) is 1. The van der Waals surface area contributed by atoms with Crippen LogP contribution in [-0.2, 0) is 6.54 Å². The maximum Gasteiger partial charge on any atom is 0.0945 e. The second-order valence-electron chi connectivity index (χ2n) is 3.30. The zero-order chi connectivity index (χ0) is 10.1. The first kappa shape index (κ1) is 11.5. The second-order valence-corrected chi connectivity index (χ2v) is 3.68. The summed E-state index contributed by atoms with van der Waals surface area (Å²) in [6.45, 7) is 3.19. The van der Waals surface area contributed by atoms with E-state index in [1.165, 1.54) is 6.42 Å². The van der Waals surface area contributed by atoms with Crippen LogP contribution in [0.1, 0.15) is 19.3 Å². The standard InChI is InChI=1S/C10H18ClN3/c11-4-1-2-5-12-6-3-8-14-9-7-13-10-14/h7,9-10,12H,1-6,8H2. The minimum Gasteiger partial charge on any atom is -0.337 e. The van der Waals surface area contributed by atoms with E-state index in [0.717, 1.165) is 38.4 Å². The lowest BCUT2D eigenvalue weighted by Gasteiger charge is -2.04. The van der Waals surface area contributed by atoms with Gasteiger partial charge in [-0.05, 0) is 32.4 Å². The van der Waals surface area contributed by atoms with Crippen LogP contribution >= 0.6 is 11.6 Å². The Morgan fingerprint density at radius 3 is 2.79 bits per heavy atom. The lowest BCUT2D eigenvalue weighted by atomic mass is 10.3. The van der Waals surface area contributed by atoms with Crippen molar-refractivity contribution in [3.63, 3.8) is 0 Å². The zero-order valence-electron chi connectivity index (χ0n) is 8.45.